The van der Waals surface area contributed by atoms with Crippen LogP contribution in [-0.2, 0) is 6.54 Å². The molecule has 2 rings (SSSR count). The minimum absolute atomic E-state index is 0.000989. The first kappa shape index (κ1) is 14.8. The lowest BCUT2D eigenvalue weighted by molar-refractivity contribution is 0.100. The summed E-state index contributed by atoms with van der Waals surface area (Å²) >= 11 is 0. The molecule has 0 aliphatic carbocycles. The number of hydrogen-bond acceptors (Lipinski definition) is 3. The maximum absolute atomic E-state index is 14.0. The van der Waals surface area contributed by atoms with Gasteiger partial charge in [-0.05, 0) is 29.8 Å². The molecular weight excluding hydrogens is 276 g/mol. The molecule has 6 heteroatoms. The first-order valence-electron chi connectivity index (χ1n) is 6.23. The Kier molecular flexibility index (Phi) is 4.07. The zero-order valence-corrected chi connectivity index (χ0v) is 11.4. The molecule has 0 unspecified atom stereocenters. The van der Waals surface area contributed by atoms with Gasteiger partial charge in [0.05, 0.1) is 11.3 Å². The van der Waals surface area contributed by atoms with Crippen molar-refractivity contribution in [2.75, 3.05) is 17.7 Å². The number of amides is 1. The average Bonchev–Trinajstić information content (AvgIpc) is 2.40. The summed E-state index contributed by atoms with van der Waals surface area (Å²) in [5, 5.41) is 0. The highest BCUT2D eigenvalue weighted by atomic mass is 19.1. The lowest BCUT2D eigenvalue weighted by Crippen LogP contribution is -2.20. The number of nitrogens with zero attached hydrogens (tertiary/aromatic N) is 1. The summed E-state index contributed by atoms with van der Waals surface area (Å²) in [7, 11) is 1.66. The van der Waals surface area contributed by atoms with Crippen LogP contribution in [0.25, 0.3) is 0 Å². The van der Waals surface area contributed by atoms with E-state index >= 15 is 0 Å². The number of primary amides is 1. The van der Waals surface area contributed by atoms with Crippen LogP contribution in [0.4, 0.5) is 20.2 Å². The molecule has 21 heavy (non-hydrogen) atoms. The van der Waals surface area contributed by atoms with Crippen molar-refractivity contribution < 1.29 is 13.6 Å². The second-order valence-electron chi connectivity index (χ2n) is 4.74. The van der Waals surface area contributed by atoms with Crippen LogP contribution in [0.1, 0.15) is 15.9 Å². The van der Waals surface area contributed by atoms with Crippen LogP contribution >= 0.6 is 0 Å². The van der Waals surface area contributed by atoms with Gasteiger partial charge in [0.1, 0.15) is 11.6 Å². The second-order valence-corrected chi connectivity index (χ2v) is 4.74. The molecule has 0 aromatic heterocycles. The molecule has 0 fully saturated rings. The maximum Gasteiger partial charge on any atom is 0.250 e. The summed E-state index contributed by atoms with van der Waals surface area (Å²) in [5.41, 5.74) is 11.8. The zero-order chi connectivity index (χ0) is 15.6. The predicted molar refractivity (Wildman–Crippen MR) is 77.8 cm³/mol. The molecule has 4 N–H and O–H groups in total. The summed E-state index contributed by atoms with van der Waals surface area (Å²) in [5.74, 6) is -1.61. The highest BCUT2D eigenvalue weighted by Crippen LogP contribution is 2.25. The number of carbonyl (C=O) groups excluding carboxylic acids is 1. The van der Waals surface area contributed by atoms with E-state index < -0.39 is 11.7 Å². The Balaban J connectivity index is 2.30. The van der Waals surface area contributed by atoms with Crippen molar-refractivity contribution >= 4 is 17.3 Å². The fourth-order valence-electron chi connectivity index (χ4n) is 2.03. The standard InChI is InChI=1S/C15H15F2N3O/c1-20(8-9-2-4-10(16)5-3-9)14-6-11(15(19)21)13(18)7-12(14)17/h2-7H,8,18H2,1H3,(H2,19,21). The van der Waals surface area contributed by atoms with Crippen molar-refractivity contribution in [3.8, 4) is 0 Å². The van der Waals surface area contributed by atoms with E-state index in [4.69, 9.17) is 11.5 Å². The van der Waals surface area contributed by atoms with Crippen LogP contribution in [0.15, 0.2) is 36.4 Å². The molecule has 2 aromatic rings. The van der Waals surface area contributed by atoms with E-state index in [1.807, 2.05) is 0 Å². The summed E-state index contributed by atoms with van der Waals surface area (Å²) in [6, 6.07) is 8.26. The van der Waals surface area contributed by atoms with Gasteiger partial charge in [-0.1, -0.05) is 12.1 Å². The van der Waals surface area contributed by atoms with Gasteiger partial charge < -0.3 is 16.4 Å². The van der Waals surface area contributed by atoms with Crippen molar-refractivity contribution in [3.05, 3.63) is 59.2 Å². The van der Waals surface area contributed by atoms with Crippen molar-refractivity contribution in [2.24, 2.45) is 5.73 Å². The van der Waals surface area contributed by atoms with Crippen molar-refractivity contribution in [3.63, 3.8) is 0 Å². The molecular formula is C15H15F2N3O. The van der Waals surface area contributed by atoms with Gasteiger partial charge in [0.15, 0.2) is 0 Å². The highest BCUT2D eigenvalue weighted by Gasteiger charge is 2.15. The summed E-state index contributed by atoms with van der Waals surface area (Å²) in [6.45, 7) is 0.347. The third kappa shape index (κ3) is 3.28. The fraction of sp³-hybridized carbons (Fsp3) is 0.133. The van der Waals surface area contributed by atoms with E-state index in [1.165, 1.54) is 18.2 Å². The van der Waals surface area contributed by atoms with E-state index in [0.29, 0.717) is 6.54 Å². The fourth-order valence-corrected chi connectivity index (χ4v) is 2.03. The summed E-state index contributed by atoms with van der Waals surface area (Å²) in [4.78, 5) is 12.9. The molecule has 0 bridgehead atoms. The summed E-state index contributed by atoms with van der Waals surface area (Å²) < 4.78 is 26.8. The monoisotopic (exact) mass is 291 g/mol. The molecule has 0 atom stereocenters. The van der Waals surface area contributed by atoms with Gasteiger partial charge in [-0.2, -0.15) is 0 Å². The number of anilines is 2. The van der Waals surface area contributed by atoms with E-state index in [1.54, 1.807) is 24.1 Å². The molecule has 0 saturated carbocycles. The van der Waals surface area contributed by atoms with E-state index in [2.05, 4.69) is 0 Å². The Labute approximate surface area is 121 Å². The SMILES string of the molecule is CN(Cc1ccc(F)cc1)c1cc(C(N)=O)c(N)cc1F. The molecule has 0 aliphatic rings. The molecule has 1 amide bonds. The number of rotatable bonds is 4. The Morgan fingerprint density at radius 3 is 2.38 bits per heavy atom. The Hall–Kier alpha value is -2.63. The minimum Gasteiger partial charge on any atom is -0.398 e. The average molecular weight is 291 g/mol. The topological polar surface area (TPSA) is 72.3 Å². The largest absolute Gasteiger partial charge is 0.398 e. The number of benzene rings is 2. The van der Waals surface area contributed by atoms with Crippen LogP contribution in [0.2, 0.25) is 0 Å². The molecule has 0 spiro atoms. The van der Waals surface area contributed by atoms with Gasteiger partial charge >= 0.3 is 0 Å². The molecule has 110 valence electrons. The second kappa shape index (κ2) is 5.78. The van der Waals surface area contributed by atoms with Crippen LogP contribution < -0.4 is 16.4 Å². The van der Waals surface area contributed by atoms with Gasteiger partial charge in [-0.25, -0.2) is 8.78 Å². The van der Waals surface area contributed by atoms with Crippen molar-refractivity contribution in [1.82, 2.24) is 0 Å². The molecule has 0 heterocycles. The molecule has 4 nitrogen and oxygen atoms in total. The van der Waals surface area contributed by atoms with Gasteiger partial charge in [-0.15, -0.1) is 0 Å². The van der Waals surface area contributed by atoms with E-state index in [-0.39, 0.29) is 22.8 Å². The first-order chi connectivity index (χ1) is 9.88. The quantitative estimate of drug-likeness (QED) is 0.849. The molecule has 0 aliphatic heterocycles. The molecule has 0 radical (unpaired) electrons. The molecule has 2 aromatic carbocycles. The predicted octanol–water partition coefficient (Wildman–Crippen LogP) is 2.28. The maximum atomic E-state index is 14.0. The lowest BCUT2D eigenvalue weighted by atomic mass is 10.1. The van der Waals surface area contributed by atoms with E-state index in [9.17, 15) is 13.6 Å². The number of nitrogen functional groups attached to an aromatic ring is 1. The van der Waals surface area contributed by atoms with Gasteiger partial charge in [0.25, 0.3) is 5.91 Å². The number of hydrogen-bond donors (Lipinski definition) is 2. The van der Waals surface area contributed by atoms with Crippen LogP contribution in [-0.4, -0.2) is 13.0 Å². The number of nitrogens with two attached hydrogens (primary N) is 2. The minimum atomic E-state index is -0.719. The zero-order valence-electron chi connectivity index (χ0n) is 11.4. The Bertz CT molecular complexity index is 671. The normalized spacial score (nSPS) is 10.4. The number of halogens is 2. The Morgan fingerprint density at radius 2 is 1.81 bits per heavy atom. The van der Waals surface area contributed by atoms with Gasteiger partial charge in [0, 0.05) is 19.3 Å². The van der Waals surface area contributed by atoms with Crippen molar-refractivity contribution in [2.45, 2.75) is 6.54 Å². The summed E-state index contributed by atoms with van der Waals surface area (Å²) in [6.07, 6.45) is 0. The van der Waals surface area contributed by atoms with Gasteiger partial charge in [-0.3, -0.25) is 4.79 Å². The third-order valence-electron chi connectivity index (χ3n) is 3.13. The van der Waals surface area contributed by atoms with Gasteiger partial charge in [0.2, 0.25) is 0 Å². The molecule has 0 saturated heterocycles. The van der Waals surface area contributed by atoms with E-state index in [0.717, 1.165) is 11.6 Å². The highest BCUT2D eigenvalue weighted by molar-refractivity contribution is 5.99. The number of carbonyl (C=O) groups is 1. The van der Waals surface area contributed by atoms with Crippen LogP contribution in [0.5, 0.6) is 0 Å². The smallest absolute Gasteiger partial charge is 0.250 e. The Morgan fingerprint density at radius 1 is 1.19 bits per heavy atom. The third-order valence-corrected chi connectivity index (χ3v) is 3.13. The van der Waals surface area contributed by atoms with Crippen LogP contribution in [0.3, 0.4) is 0 Å². The van der Waals surface area contributed by atoms with Crippen molar-refractivity contribution in [1.29, 1.82) is 0 Å². The first-order valence-corrected chi connectivity index (χ1v) is 6.23. The lowest BCUT2D eigenvalue weighted by Gasteiger charge is -2.21. The van der Waals surface area contributed by atoms with Crippen LogP contribution in [0, 0.1) is 11.6 Å².